The Hall–Kier alpha value is -0.560. The van der Waals surface area contributed by atoms with Crippen molar-refractivity contribution in [2.45, 2.75) is 45.4 Å². The van der Waals surface area contributed by atoms with E-state index < -0.39 is 5.83 Å². The van der Waals surface area contributed by atoms with Crippen LogP contribution in [0.15, 0.2) is 35.7 Å². The molecular formula is C15H22ClF. The molecule has 0 aromatic heterocycles. The molecule has 17 heavy (non-hydrogen) atoms. The van der Waals surface area contributed by atoms with E-state index in [1.165, 1.54) is 31.8 Å². The van der Waals surface area contributed by atoms with Crippen LogP contribution in [0.25, 0.3) is 0 Å². The van der Waals surface area contributed by atoms with E-state index >= 15 is 0 Å². The van der Waals surface area contributed by atoms with E-state index in [0.717, 1.165) is 18.3 Å². The van der Waals surface area contributed by atoms with Crippen molar-refractivity contribution in [1.82, 2.24) is 0 Å². The molecule has 0 saturated heterocycles. The highest BCUT2D eigenvalue weighted by atomic mass is 35.5. The number of allylic oxidation sites excluding steroid dienone is 4. The molecule has 0 nitrogen and oxygen atoms in total. The van der Waals surface area contributed by atoms with Gasteiger partial charge in [0.15, 0.2) is 0 Å². The van der Waals surface area contributed by atoms with Crippen LogP contribution in [0.4, 0.5) is 4.39 Å². The number of halogens is 2. The van der Waals surface area contributed by atoms with Crippen molar-refractivity contribution in [2.75, 3.05) is 0 Å². The molecule has 1 aliphatic carbocycles. The predicted octanol–water partition coefficient (Wildman–Crippen LogP) is 5.76. The van der Waals surface area contributed by atoms with Crippen LogP contribution in [-0.4, -0.2) is 0 Å². The Labute approximate surface area is 109 Å². The SMILES string of the molecule is C=C/C(Cl)=C(/F)C(=C)CCC1CCC(C)CC1. The molecule has 2 heteroatoms. The van der Waals surface area contributed by atoms with Crippen LogP contribution in [0.2, 0.25) is 0 Å². The summed E-state index contributed by atoms with van der Waals surface area (Å²) in [5, 5.41) is 0.0762. The third kappa shape index (κ3) is 4.67. The Morgan fingerprint density at radius 3 is 2.47 bits per heavy atom. The van der Waals surface area contributed by atoms with E-state index in [4.69, 9.17) is 11.6 Å². The quantitative estimate of drug-likeness (QED) is 0.549. The van der Waals surface area contributed by atoms with Gasteiger partial charge in [-0.1, -0.05) is 57.4 Å². The lowest BCUT2D eigenvalue weighted by molar-refractivity contribution is 0.277. The minimum atomic E-state index is -0.397. The van der Waals surface area contributed by atoms with Crippen LogP contribution < -0.4 is 0 Å². The Balaban J connectivity index is 2.36. The lowest BCUT2D eigenvalue weighted by Crippen LogP contribution is -2.12. The molecule has 0 unspecified atom stereocenters. The molecule has 1 saturated carbocycles. The summed E-state index contributed by atoms with van der Waals surface area (Å²) in [6, 6.07) is 0. The van der Waals surface area contributed by atoms with E-state index in [0.29, 0.717) is 12.0 Å². The highest BCUT2D eigenvalue weighted by Gasteiger charge is 2.18. The second-order valence-corrected chi connectivity index (χ2v) is 5.54. The van der Waals surface area contributed by atoms with Gasteiger partial charge in [0, 0.05) is 0 Å². The first kappa shape index (κ1) is 14.5. The van der Waals surface area contributed by atoms with Crippen molar-refractivity contribution in [3.8, 4) is 0 Å². The van der Waals surface area contributed by atoms with Gasteiger partial charge in [-0.3, -0.25) is 0 Å². The lowest BCUT2D eigenvalue weighted by Gasteiger charge is -2.26. The van der Waals surface area contributed by atoms with Gasteiger partial charge in [-0.05, 0) is 36.3 Å². The van der Waals surface area contributed by atoms with E-state index in [1.807, 2.05) is 0 Å². The Morgan fingerprint density at radius 1 is 1.35 bits per heavy atom. The van der Waals surface area contributed by atoms with Gasteiger partial charge in [-0.15, -0.1) is 0 Å². The summed E-state index contributed by atoms with van der Waals surface area (Å²) < 4.78 is 13.6. The molecule has 1 fully saturated rings. The molecule has 0 bridgehead atoms. The average molecular weight is 257 g/mol. The molecule has 0 aliphatic heterocycles. The molecule has 1 rings (SSSR count). The number of rotatable bonds is 5. The largest absolute Gasteiger partial charge is 0.205 e. The smallest absolute Gasteiger partial charge is 0.144 e. The fourth-order valence-corrected chi connectivity index (χ4v) is 2.50. The van der Waals surface area contributed by atoms with Crippen LogP contribution in [0.5, 0.6) is 0 Å². The summed E-state index contributed by atoms with van der Waals surface area (Å²) in [5.74, 6) is 1.20. The highest BCUT2D eigenvalue weighted by molar-refractivity contribution is 6.31. The number of hydrogen-bond donors (Lipinski definition) is 0. The van der Waals surface area contributed by atoms with E-state index in [2.05, 4.69) is 20.1 Å². The van der Waals surface area contributed by atoms with Crippen molar-refractivity contribution in [3.63, 3.8) is 0 Å². The fourth-order valence-electron chi connectivity index (χ4n) is 2.36. The molecule has 0 spiro atoms. The van der Waals surface area contributed by atoms with Crippen LogP contribution in [0.1, 0.15) is 45.4 Å². The van der Waals surface area contributed by atoms with Gasteiger partial charge in [0.25, 0.3) is 0 Å². The maximum Gasteiger partial charge on any atom is 0.144 e. The summed E-state index contributed by atoms with van der Waals surface area (Å²) in [4.78, 5) is 0. The van der Waals surface area contributed by atoms with Gasteiger partial charge in [-0.2, -0.15) is 0 Å². The molecule has 0 heterocycles. The maximum atomic E-state index is 13.6. The molecule has 0 aromatic carbocycles. The number of hydrogen-bond acceptors (Lipinski definition) is 0. The normalized spacial score (nSPS) is 26.3. The Kier molecular flexibility index (Phi) is 5.97. The van der Waals surface area contributed by atoms with Gasteiger partial charge in [-0.25, -0.2) is 4.39 Å². The molecule has 0 atom stereocenters. The first-order chi connectivity index (χ1) is 8.04. The van der Waals surface area contributed by atoms with Gasteiger partial charge >= 0.3 is 0 Å². The second-order valence-electron chi connectivity index (χ2n) is 5.13. The maximum absolute atomic E-state index is 13.6. The summed E-state index contributed by atoms with van der Waals surface area (Å²) >= 11 is 5.68. The first-order valence-electron chi connectivity index (χ1n) is 6.40. The zero-order chi connectivity index (χ0) is 12.8. The molecule has 0 N–H and O–H groups in total. The van der Waals surface area contributed by atoms with E-state index in [1.54, 1.807) is 0 Å². The molecule has 1 aliphatic rings. The van der Waals surface area contributed by atoms with Gasteiger partial charge in [0.05, 0.1) is 5.03 Å². The van der Waals surface area contributed by atoms with Gasteiger partial charge < -0.3 is 0 Å². The Morgan fingerprint density at radius 2 is 1.94 bits per heavy atom. The van der Waals surface area contributed by atoms with Crippen LogP contribution in [0.3, 0.4) is 0 Å². The third-order valence-corrected chi connectivity index (χ3v) is 4.01. The summed E-state index contributed by atoms with van der Waals surface area (Å²) in [6.07, 6.45) is 8.22. The zero-order valence-corrected chi connectivity index (χ0v) is 11.4. The van der Waals surface area contributed by atoms with Crippen molar-refractivity contribution in [2.24, 2.45) is 11.8 Å². The van der Waals surface area contributed by atoms with Crippen molar-refractivity contribution in [1.29, 1.82) is 0 Å². The second kappa shape index (κ2) is 7.00. The van der Waals surface area contributed by atoms with Crippen molar-refractivity contribution >= 4 is 11.6 Å². The first-order valence-corrected chi connectivity index (χ1v) is 6.78. The Bertz CT molecular complexity index is 309. The lowest BCUT2D eigenvalue weighted by atomic mass is 9.80. The molecule has 0 aromatic rings. The molecule has 0 radical (unpaired) electrons. The van der Waals surface area contributed by atoms with Crippen LogP contribution in [-0.2, 0) is 0 Å². The van der Waals surface area contributed by atoms with Gasteiger partial charge in [0.1, 0.15) is 5.83 Å². The average Bonchev–Trinajstić information content (AvgIpc) is 2.35. The summed E-state index contributed by atoms with van der Waals surface area (Å²) in [7, 11) is 0. The van der Waals surface area contributed by atoms with E-state index in [9.17, 15) is 4.39 Å². The monoisotopic (exact) mass is 256 g/mol. The zero-order valence-electron chi connectivity index (χ0n) is 10.6. The van der Waals surface area contributed by atoms with Gasteiger partial charge in [0.2, 0.25) is 0 Å². The molecular weight excluding hydrogens is 235 g/mol. The minimum absolute atomic E-state index is 0.0762. The van der Waals surface area contributed by atoms with Crippen molar-refractivity contribution in [3.05, 3.63) is 35.7 Å². The summed E-state index contributed by atoms with van der Waals surface area (Å²) in [6.45, 7) is 9.52. The fraction of sp³-hybridized carbons (Fsp3) is 0.600. The van der Waals surface area contributed by atoms with Crippen molar-refractivity contribution < 1.29 is 4.39 Å². The predicted molar refractivity (Wildman–Crippen MR) is 73.7 cm³/mol. The topological polar surface area (TPSA) is 0 Å². The molecule has 96 valence electrons. The van der Waals surface area contributed by atoms with Crippen LogP contribution in [0, 0.1) is 11.8 Å². The summed E-state index contributed by atoms with van der Waals surface area (Å²) in [5.41, 5.74) is 0.508. The standard InChI is InChI=1S/C15H22ClF/c1-4-14(16)15(17)12(3)7-10-13-8-5-11(2)6-9-13/h4,11,13H,1,3,5-10H2,2H3/b15-14-. The highest BCUT2D eigenvalue weighted by Crippen LogP contribution is 2.33. The van der Waals surface area contributed by atoms with Crippen LogP contribution >= 0.6 is 11.6 Å². The molecule has 0 amide bonds. The van der Waals surface area contributed by atoms with E-state index in [-0.39, 0.29) is 5.03 Å². The minimum Gasteiger partial charge on any atom is -0.205 e. The third-order valence-electron chi connectivity index (χ3n) is 3.69.